The second-order valence-electron chi connectivity index (χ2n) is 7.42. The quantitative estimate of drug-likeness (QED) is 0.772. The van der Waals surface area contributed by atoms with Crippen LogP contribution in [-0.4, -0.2) is 18.8 Å². The average molecular weight is 375 g/mol. The molecule has 0 bridgehead atoms. The maximum absolute atomic E-state index is 13.2. The normalized spacial score (nSPS) is 19.6. The molecule has 1 heterocycles. The average Bonchev–Trinajstić information content (AvgIpc) is 2.73. The van der Waals surface area contributed by atoms with E-state index in [0.29, 0.717) is 12.8 Å². The van der Waals surface area contributed by atoms with Crippen molar-refractivity contribution in [2.24, 2.45) is 0 Å². The third kappa shape index (κ3) is 3.24. The Balaban J connectivity index is 1.79. The Morgan fingerprint density at radius 2 is 1.71 bits per heavy atom. The number of carbonyl (C=O) groups is 2. The number of anilines is 1. The van der Waals surface area contributed by atoms with E-state index in [1.165, 1.54) is 5.56 Å². The molecule has 0 saturated heterocycles. The lowest BCUT2D eigenvalue weighted by atomic mass is 9.77. The standard InChI is InChI=1S/C24H25NO3/c1-3-16-7-11-18(12-8-16)25-21-5-4-6-22(26)24(21)20(15-23(25)27)17-9-13-19(28-2)14-10-17/h7-14,20H,3-6,15H2,1-2H3. The molecule has 0 N–H and O–H groups in total. The summed E-state index contributed by atoms with van der Waals surface area (Å²) in [4.78, 5) is 27.9. The minimum Gasteiger partial charge on any atom is -0.497 e. The second kappa shape index (κ2) is 7.63. The molecule has 144 valence electrons. The number of aryl methyl sites for hydroxylation is 1. The van der Waals surface area contributed by atoms with Gasteiger partial charge in [-0.3, -0.25) is 14.5 Å². The molecule has 2 aromatic carbocycles. The number of carbonyl (C=O) groups excluding carboxylic acids is 2. The first kappa shape index (κ1) is 18.5. The first-order chi connectivity index (χ1) is 13.6. The van der Waals surface area contributed by atoms with E-state index in [0.717, 1.165) is 47.5 Å². The zero-order valence-corrected chi connectivity index (χ0v) is 16.4. The van der Waals surface area contributed by atoms with E-state index in [1.807, 2.05) is 36.4 Å². The summed E-state index contributed by atoms with van der Waals surface area (Å²) in [5, 5.41) is 0. The molecule has 0 saturated carbocycles. The highest BCUT2D eigenvalue weighted by atomic mass is 16.5. The molecular formula is C24H25NO3. The van der Waals surface area contributed by atoms with Gasteiger partial charge >= 0.3 is 0 Å². The first-order valence-electron chi connectivity index (χ1n) is 9.94. The van der Waals surface area contributed by atoms with Gasteiger partial charge in [0.1, 0.15) is 5.75 Å². The highest BCUT2D eigenvalue weighted by molar-refractivity contribution is 6.07. The van der Waals surface area contributed by atoms with Crippen LogP contribution < -0.4 is 9.64 Å². The summed E-state index contributed by atoms with van der Waals surface area (Å²) >= 11 is 0. The van der Waals surface area contributed by atoms with Crippen molar-refractivity contribution in [2.75, 3.05) is 12.0 Å². The second-order valence-corrected chi connectivity index (χ2v) is 7.42. The van der Waals surface area contributed by atoms with E-state index in [4.69, 9.17) is 4.74 Å². The summed E-state index contributed by atoms with van der Waals surface area (Å²) in [5.41, 5.74) is 4.79. The molecule has 0 radical (unpaired) electrons. The van der Waals surface area contributed by atoms with Gasteiger partial charge in [-0.25, -0.2) is 0 Å². The van der Waals surface area contributed by atoms with Gasteiger partial charge in [-0.1, -0.05) is 31.2 Å². The topological polar surface area (TPSA) is 46.6 Å². The molecule has 1 amide bonds. The zero-order valence-electron chi connectivity index (χ0n) is 16.4. The maximum atomic E-state index is 13.2. The molecule has 4 heteroatoms. The van der Waals surface area contributed by atoms with Crippen LogP contribution in [0.3, 0.4) is 0 Å². The number of allylic oxidation sites excluding steroid dienone is 2. The summed E-state index contributed by atoms with van der Waals surface area (Å²) in [6, 6.07) is 15.8. The lowest BCUT2D eigenvalue weighted by molar-refractivity contribution is -0.119. The minimum atomic E-state index is -0.174. The van der Waals surface area contributed by atoms with Crippen molar-refractivity contribution in [1.82, 2.24) is 0 Å². The number of ketones is 1. The smallest absolute Gasteiger partial charge is 0.232 e. The predicted molar refractivity (Wildman–Crippen MR) is 110 cm³/mol. The van der Waals surface area contributed by atoms with Gasteiger partial charge in [0.15, 0.2) is 5.78 Å². The fraction of sp³-hybridized carbons (Fsp3) is 0.333. The number of benzene rings is 2. The van der Waals surface area contributed by atoms with E-state index < -0.39 is 0 Å². The Hall–Kier alpha value is -2.88. The van der Waals surface area contributed by atoms with Crippen LogP contribution in [0.4, 0.5) is 5.69 Å². The fourth-order valence-electron chi connectivity index (χ4n) is 4.29. The number of methoxy groups -OCH3 is 1. The van der Waals surface area contributed by atoms with Gasteiger partial charge in [-0.2, -0.15) is 0 Å². The Morgan fingerprint density at radius 3 is 2.36 bits per heavy atom. The summed E-state index contributed by atoms with van der Waals surface area (Å²) in [5.74, 6) is 0.823. The number of rotatable bonds is 4. The van der Waals surface area contributed by atoms with Gasteiger partial charge in [-0.05, 0) is 54.7 Å². The van der Waals surface area contributed by atoms with Crippen molar-refractivity contribution in [3.8, 4) is 5.75 Å². The van der Waals surface area contributed by atoms with Gasteiger partial charge in [0.25, 0.3) is 0 Å². The molecule has 0 fully saturated rings. The van der Waals surface area contributed by atoms with Crippen molar-refractivity contribution < 1.29 is 14.3 Å². The summed E-state index contributed by atoms with van der Waals surface area (Å²) in [6.45, 7) is 2.11. The fourth-order valence-corrected chi connectivity index (χ4v) is 4.29. The molecule has 1 atom stereocenters. The Labute approximate surface area is 165 Å². The van der Waals surface area contributed by atoms with Crippen LogP contribution in [0.1, 0.15) is 49.7 Å². The van der Waals surface area contributed by atoms with Gasteiger partial charge in [0, 0.05) is 35.7 Å². The molecule has 2 aromatic rings. The van der Waals surface area contributed by atoms with Crippen LogP contribution in [0, 0.1) is 0 Å². The number of nitrogens with zero attached hydrogens (tertiary/aromatic N) is 1. The SMILES string of the molecule is CCc1ccc(N2C(=O)CC(c3ccc(OC)cc3)C3=C2CCCC3=O)cc1. The number of hydrogen-bond acceptors (Lipinski definition) is 3. The van der Waals surface area contributed by atoms with Crippen LogP contribution in [-0.2, 0) is 16.0 Å². The molecule has 1 unspecified atom stereocenters. The molecule has 0 spiro atoms. The summed E-state index contributed by atoms with van der Waals surface area (Å²) < 4.78 is 5.25. The predicted octanol–water partition coefficient (Wildman–Crippen LogP) is 4.79. The molecule has 1 aliphatic carbocycles. The lowest BCUT2D eigenvalue weighted by Crippen LogP contribution is -2.40. The van der Waals surface area contributed by atoms with E-state index >= 15 is 0 Å². The number of ether oxygens (including phenoxy) is 1. The van der Waals surface area contributed by atoms with E-state index in [2.05, 4.69) is 19.1 Å². The van der Waals surface area contributed by atoms with Crippen LogP contribution in [0.25, 0.3) is 0 Å². The van der Waals surface area contributed by atoms with Crippen molar-refractivity contribution in [3.05, 3.63) is 70.9 Å². The maximum Gasteiger partial charge on any atom is 0.232 e. The van der Waals surface area contributed by atoms with Crippen LogP contribution in [0.5, 0.6) is 5.75 Å². The van der Waals surface area contributed by atoms with Gasteiger partial charge in [0.2, 0.25) is 5.91 Å². The van der Waals surface area contributed by atoms with Crippen LogP contribution >= 0.6 is 0 Å². The molecule has 2 aliphatic rings. The molecular weight excluding hydrogens is 350 g/mol. The number of Topliss-reactive ketones (excluding diaryl/α,β-unsaturated/α-hetero) is 1. The molecule has 28 heavy (non-hydrogen) atoms. The van der Waals surface area contributed by atoms with Crippen molar-refractivity contribution in [2.45, 2.75) is 44.9 Å². The number of hydrogen-bond donors (Lipinski definition) is 0. The lowest BCUT2D eigenvalue weighted by Gasteiger charge is -2.38. The molecule has 4 nitrogen and oxygen atoms in total. The third-order valence-corrected chi connectivity index (χ3v) is 5.80. The van der Waals surface area contributed by atoms with Crippen LogP contribution in [0.2, 0.25) is 0 Å². The van der Waals surface area contributed by atoms with Crippen LogP contribution in [0.15, 0.2) is 59.8 Å². The Bertz CT molecular complexity index is 925. The van der Waals surface area contributed by atoms with E-state index in [-0.39, 0.29) is 17.6 Å². The highest BCUT2D eigenvalue weighted by Gasteiger charge is 2.39. The zero-order chi connectivity index (χ0) is 19.7. The van der Waals surface area contributed by atoms with Gasteiger partial charge in [0.05, 0.1) is 7.11 Å². The van der Waals surface area contributed by atoms with Crippen molar-refractivity contribution in [1.29, 1.82) is 0 Å². The van der Waals surface area contributed by atoms with Gasteiger partial charge in [-0.15, -0.1) is 0 Å². The van der Waals surface area contributed by atoms with Crippen molar-refractivity contribution >= 4 is 17.4 Å². The first-order valence-corrected chi connectivity index (χ1v) is 9.94. The van der Waals surface area contributed by atoms with Gasteiger partial charge < -0.3 is 4.74 Å². The third-order valence-electron chi connectivity index (χ3n) is 5.80. The number of amides is 1. The van der Waals surface area contributed by atoms with E-state index in [1.54, 1.807) is 12.0 Å². The highest BCUT2D eigenvalue weighted by Crippen LogP contribution is 2.43. The summed E-state index contributed by atoms with van der Waals surface area (Å²) in [7, 11) is 1.63. The Kier molecular flexibility index (Phi) is 5.03. The van der Waals surface area contributed by atoms with E-state index in [9.17, 15) is 9.59 Å². The summed E-state index contributed by atoms with van der Waals surface area (Å²) in [6.07, 6.45) is 3.38. The molecule has 1 aliphatic heterocycles. The molecule has 4 rings (SSSR count). The Morgan fingerprint density at radius 1 is 1.00 bits per heavy atom. The molecule has 0 aromatic heterocycles. The monoisotopic (exact) mass is 375 g/mol. The van der Waals surface area contributed by atoms with Crippen molar-refractivity contribution in [3.63, 3.8) is 0 Å². The largest absolute Gasteiger partial charge is 0.497 e. The minimum absolute atomic E-state index is 0.0542.